The van der Waals surface area contributed by atoms with Gasteiger partial charge in [-0.15, -0.1) is 11.8 Å². The third kappa shape index (κ3) is 5.30. The van der Waals surface area contributed by atoms with Crippen molar-refractivity contribution in [1.82, 2.24) is 0 Å². The van der Waals surface area contributed by atoms with Crippen molar-refractivity contribution in [3.8, 4) is 0 Å². The van der Waals surface area contributed by atoms with Crippen LogP contribution in [0.25, 0.3) is 0 Å². The summed E-state index contributed by atoms with van der Waals surface area (Å²) in [5.41, 5.74) is 11.7. The van der Waals surface area contributed by atoms with Crippen LogP contribution < -0.4 is 11.5 Å². The minimum absolute atomic E-state index is 0.176. The van der Waals surface area contributed by atoms with Crippen molar-refractivity contribution in [2.45, 2.75) is 24.6 Å². The third-order valence-corrected chi connectivity index (χ3v) is 3.66. The smallest absolute Gasteiger partial charge is 0.0744 e. The Bertz CT molecular complexity index is 111. The van der Waals surface area contributed by atoms with Crippen molar-refractivity contribution in [3.05, 3.63) is 0 Å². The van der Waals surface area contributed by atoms with Crippen LogP contribution in [0, 0.1) is 0 Å². The average Bonchev–Trinajstić information content (AvgIpc) is 2.06. The molecule has 0 bridgehead atoms. The van der Waals surface area contributed by atoms with E-state index in [4.69, 9.17) is 11.5 Å². The Morgan fingerprint density at radius 2 is 2.08 bits per heavy atom. The summed E-state index contributed by atoms with van der Waals surface area (Å²) in [5.74, 6) is 2.23. The maximum absolute atomic E-state index is 6.08. The number of hydrogen-bond acceptors (Lipinski definition) is 4. The highest BCUT2D eigenvalue weighted by atomic mass is 32.2. The minimum atomic E-state index is -0.176. The fourth-order valence-corrected chi connectivity index (χ4v) is 2.45. The second-order valence-corrected chi connectivity index (χ2v) is 5.46. The van der Waals surface area contributed by atoms with Gasteiger partial charge in [0.05, 0.1) is 4.87 Å². The molecule has 4 heteroatoms. The summed E-state index contributed by atoms with van der Waals surface area (Å²) in [6, 6.07) is 0. The third-order valence-electron chi connectivity index (χ3n) is 1.73. The van der Waals surface area contributed by atoms with Crippen molar-refractivity contribution in [1.29, 1.82) is 0 Å². The topological polar surface area (TPSA) is 52.0 Å². The molecule has 74 valence electrons. The van der Waals surface area contributed by atoms with Gasteiger partial charge >= 0.3 is 0 Å². The van der Waals surface area contributed by atoms with E-state index in [1.807, 2.05) is 11.8 Å². The van der Waals surface area contributed by atoms with Crippen LogP contribution in [0.5, 0.6) is 0 Å². The Morgan fingerprint density at radius 1 is 1.42 bits per heavy atom. The van der Waals surface area contributed by atoms with E-state index in [2.05, 4.69) is 13.2 Å². The lowest BCUT2D eigenvalue weighted by atomic mass is 10.2. The molecule has 0 saturated carbocycles. The van der Waals surface area contributed by atoms with Crippen LogP contribution in [-0.4, -0.2) is 29.2 Å². The number of hydrogen-bond donors (Lipinski definition) is 2. The fraction of sp³-hybridized carbons (Fsp3) is 1.00. The van der Waals surface area contributed by atoms with Crippen molar-refractivity contribution in [2.75, 3.05) is 24.3 Å². The molecule has 1 unspecified atom stereocenters. The molecular formula is C8H20N2S2. The highest BCUT2D eigenvalue weighted by Gasteiger charge is 2.21. The quantitative estimate of drug-likeness (QED) is 0.492. The van der Waals surface area contributed by atoms with Crippen LogP contribution in [0.1, 0.15) is 19.8 Å². The van der Waals surface area contributed by atoms with Gasteiger partial charge in [0.2, 0.25) is 0 Å². The summed E-state index contributed by atoms with van der Waals surface area (Å²) in [6.07, 6.45) is 4.32. The van der Waals surface area contributed by atoms with E-state index in [9.17, 15) is 0 Å². The first-order valence-corrected chi connectivity index (χ1v) is 6.68. The van der Waals surface area contributed by atoms with Crippen LogP contribution >= 0.6 is 23.5 Å². The van der Waals surface area contributed by atoms with E-state index in [0.717, 1.165) is 12.2 Å². The molecule has 0 aromatic rings. The number of nitrogens with two attached hydrogens (primary N) is 2. The van der Waals surface area contributed by atoms with Gasteiger partial charge in [0.25, 0.3) is 0 Å². The molecule has 1 atom stereocenters. The van der Waals surface area contributed by atoms with Gasteiger partial charge in [0.15, 0.2) is 0 Å². The lowest BCUT2D eigenvalue weighted by Crippen LogP contribution is -2.44. The molecule has 2 nitrogen and oxygen atoms in total. The first-order valence-electron chi connectivity index (χ1n) is 4.30. The van der Waals surface area contributed by atoms with Gasteiger partial charge in [-0.2, -0.15) is 11.8 Å². The van der Waals surface area contributed by atoms with E-state index in [1.54, 1.807) is 11.8 Å². The maximum atomic E-state index is 6.08. The summed E-state index contributed by atoms with van der Waals surface area (Å²) >= 11 is 3.64. The molecule has 0 aliphatic rings. The van der Waals surface area contributed by atoms with Gasteiger partial charge in [-0.3, -0.25) is 0 Å². The monoisotopic (exact) mass is 208 g/mol. The van der Waals surface area contributed by atoms with Gasteiger partial charge in [-0.05, 0) is 30.6 Å². The average molecular weight is 208 g/mol. The van der Waals surface area contributed by atoms with Crippen LogP contribution in [0.3, 0.4) is 0 Å². The van der Waals surface area contributed by atoms with Gasteiger partial charge in [0, 0.05) is 6.54 Å². The molecule has 0 aliphatic heterocycles. The zero-order chi connectivity index (χ0) is 9.45. The van der Waals surface area contributed by atoms with Crippen molar-refractivity contribution >= 4 is 23.5 Å². The standard InChI is InChI=1S/C8H20N2S2/c1-3-12-8(10,7-9)5-4-6-11-2/h3-7,9-10H2,1-2H3. The summed E-state index contributed by atoms with van der Waals surface area (Å²) in [6.45, 7) is 2.70. The largest absolute Gasteiger partial charge is 0.328 e. The first kappa shape index (κ1) is 12.6. The zero-order valence-corrected chi connectivity index (χ0v) is 9.64. The summed E-state index contributed by atoms with van der Waals surface area (Å²) < 4.78 is 0. The zero-order valence-electron chi connectivity index (χ0n) is 8.01. The number of rotatable bonds is 7. The Kier molecular flexibility index (Phi) is 7.43. The second-order valence-electron chi connectivity index (χ2n) is 2.80. The van der Waals surface area contributed by atoms with Gasteiger partial charge < -0.3 is 11.5 Å². The van der Waals surface area contributed by atoms with E-state index in [1.165, 1.54) is 12.2 Å². The van der Waals surface area contributed by atoms with Crippen LogP contribution in [0.4, 0.5) is 0 Å². The Balaban J connectivity index is 3.63. The van der Waals surface area contributed by atoms with E-state index in [0.29, 0.717) is 6.54 Å². The number of thioether (sulfide) groups is 2. The predicted molar refractivity (Wildman–Crippen MR) is 61.7 cm³/mol. The molecule has 0 spiro atoms. The Hall–Kier alpha value is 0.620. The fourth-order valence-electron chi connectivity index (χ4n) is 1.04. The highest BCUT2D eigenvalue weighted by Crippen LogP contribution is 2.23. The molecule has 0 heterocycles. The molecular weight excluding hydrogens is 188 g/mol. The normalized spacial score (nSPS) is 16.0. The molecule has 0 saturated heterocycles. The molecule has 0 fully saturated rings. The SMILES string of the molecule is CCSC(N)(CN)CCCSC. The molecule has 0 radical (unpaired) electrons. The summed E-state index contributed by atoms with van der Waals surface area (Å²) in [4.78, 5) is -0.176. The molecule has 0 aromatic heterocycles. The molecule has 0 aromatic carbocycles. The maximum Gasteiger partial charge on any atom is 0.0744 e. The van der Waals surface area contributed by atoms with Crippen molar-refractivity contribution in [3.63, 3.8) is 0 Å². The summed E-state index contributed by atoms with van der Waals surface area (Å²) in [7, 11) is 0. The van der Waals surface area contributed by atoms with Crippen molar-refractivity contribution in [2.24, 2.45) is 11.5 Å². The van der Waals surface area contributed by atoms with Crippen molar-refractivity contribution < 1.29 is 0 Å². The van der Waals surface area contributed by atoms with E-state index < -0.39 is 0 Å². The predicted octanol–water partition coefficient (Wildman–Crippen LogP) is 1.50. The van der Waals surface area contributed by atoms with Crippen LogP contribution in [0.15, 0.2) is 0 Å². The van der Waals surface area contributed by atoms with E-state index >= 15 is 0 Å². The Labute approximate surface area is 84.2 Å². The second kappa shape index (κ2) is 7.06. The van der Waals surface area contributed by atoms with Crippen LogP contribution in [-0.2, 0) is 0 Å². The lowest BCUT2D eigenvalue weighted by Gasteiger charge is -2.26. The van der Waals surface area contributed by atoms with Gasteiger partial charge in [0.1, 0.15) is 0 Å². The van der Waals surface area contributed by atoms with Gasteiger partial charge in [-0.25, -0.2) is 0 Å². The molecule has 0 aliphatic carbocycles. The minimum Gasteiger partial charge on any atom is -0.328 e. The summed E-state index contributed by atoms with van der Waals surface area (Å²) in [5, 5.41) is 0. The van der Waals surface area contributed by atoms with E-state index in [-0.39, 0.29) is 4.87 Å². The molecule has 0 rings (SSSR count). The Morgan fingerprint density at radius 3 is 2.50 bits per heavy atom. The first-order chi connectivity index (χ1) is 5.68. The molecule has 0 amide bonds. The highest BCUT2D eigenvalue weighted by molar-refractivity contribution is 8.00. The molecule has 12 heavy (non-hydrogen) atoms. The lowest BCUT2D eigenvalue weighted by molar-refractivity contribution is 0.564. The molecule has 4 N–H and O–H groups in total. The van der Waals surface area contributed by atoms with Gasteiger partial charge in [-0.1, -0.05) is 6.92 Å². The van der Waals surface area contributed by atoms with Crippen LogP contribution in [0.2, 0.25) is 0 Å².